The topological polar surface area (TPSA) is 17.1 Å². The van der Waals surface area contributed by atoms with E-state index in [0.29, 0.717) is 5.02 Å². The normalized spacial score (nSPS) is 18.3. The number of hydrogen-bond donors (Lipinski definition) is 0. The monoisotopic (exact) mass is 258 g/mol. The standard InChI is InChI=1S/C10H8BrClO/c11-7-1-2-8(9(12)5-7)10(6-13)3-4-10/h1-2,5-6H,3-4H2. The third kappa shape index (κ3) is 1.53. The van der Waals surface area contributed by atoms with Gasteiger partial charge in [0.2, 0.25) is 0 Å². The molecule has 1 aliphatic rings. The highest BCUT2D eigenvalue weighted by Crippen LogP contribution is 2.48. The molecular weight excluding hydrogens is 251 g/mol. The van der Waals surface area contributed by atoms with Crippen LogP contribution < -0.4 is 0 Å². The summed E-state index contributed by atoms with van der Waals surface area (Å²) in [5.74, 6) is 0. The first-order valence-electron chi connectivity index (χ1n) is 4.10. The fraction of sp³-hybridized carbons (Fsp3) is 0.300. The molecule has 68 valence electrons. The van der Waals surface area contributed by atoms with Gasteiger partial charge in [0.15, 0.2) is 0 Å². The number of carbonyl (C=O) groups excluding carboxylic acids is 1. The zero-order chi connectivity index (χ0) is 9.47. The Morgan fingerprint density at radius 1 is 1.46 bits per heavy atom. The van der Waals surface area contributed by atoms with Gasteiger partial charge < -0.3 is 4.79 Å². The van der Waals surface area contributed by atoms with Crippen molar-refractivity contribution in [1.82, 2.24) is 0 Å². The molecule has 0 spiro atoms. The molecule has 0 unspecified atom stereocenters. The van der Waals surface area contributed by atoms with Gasteiger partial charge >= 0.3 is 0 Å². The lowest BCUT2D eigenvalue weighted by molar-refractivity contribution is -0.109. The molecule has 1 aliphatic carbocycles. The third-order valence-corrected chi connectivity index (χ3v) is 3.29. The van der Waals surface area contributed by atoms with E-state index in [-0.39, 0.29) is 5.41 Å². The van der Waals surface area contributed by atoms with E-state index in [1.165, 1.54) is 0 Å². The van der Waals surface area contributed by atoms with E-state index in [1.807, 2.05) is 18.2 Å². The largest absolute Gasteiger partial charge is 0.302 e. The Bertz CT molecular complexity index is 358. The van der Waals surface area contributed by atoms with Crippen LogP contribution in [0.3, 0.4) is 0 Å². The van der Waals surface area contributed by atoms with Crippen molar-refractivity contribution in [2.75, 3.05) is 0 Å². The number of aldehydes is 1. The fourth-order valence-corrected chi connectivity index (χ4v) is 2.34. The number of carbonyl (C=O) groups is 1. The number of halogens is 2. The van der Waals surface area contributed by atoms with Crippen LogP contribution in [0.4, 0.5) is 0 Å². The lowest BCUT2D eigenvalue weighted by Gasteiger charge is -2.09. The average Bonchev–Trinajstić information content (AvgIpc) is 2.85. The number of benzene rings is 1. The second kappa shape index (κ2) is 3.10. The maximum absolute atomic E-state index is 10.9. The lowest BCUT2D eigenvalue weighted by Crippen LogP contribution is -2.08. The summed E-state index contributed by atoms with van der Waals surface area (Å²) in [7, 11) is 0. The van der Waals surface area contributed by atoms with Gasteiger partial charge in [-0.15, -0.1) is 0 Å². The van der Waals surface area contributed by atoms with Crippen LogP contribution in [0.25, 0.3) is 0 Å². The number of hydrogen-bond acceptors (Lipinski definition) is 1. The van der Waals surface area contributed by atoms with Crippen molar-refractivity contribution in [3.63, 3.8) is 0 Å². The van der Waals surface area contributed by atoms with Crippen molar-refractivity contribution < 1.29 is 4.79 Å². The van der Waals surface area contributed by atoms with Crippen LogP contribution in [0, 0.1) is 0 Å². The summed E-state index contributed by atoms with van der Waals surface area (Å²) in [4.78, 5) is 10.9. The predicted octanol–water partition coefficient (Wildman–Crippen LogP) is 3.33. The van der Waals surface area contributed by atoms with Crippen molar-refractivity contribution in [2.45, 2.75) is 18.3 Å². The van der Waals surface area contributed by atoms with Crippen LogP contribution >= 0.6 is 27.5 Å². The first-order chi connectivity index (χ1) is 6.18. The van der Waals surface area contributed by atoms with Crippen LogP contribution in [0.15, 0.2) is 22.7 Å². The van der Waals surface area contributed by atoms with Crippen molar-refractivity contribution in [3.05, 3.63) is 33.3 Å². The second-order valence-electron chi connectivity index (χ2n) is 3.40. The van der Waals surface area contributed by atoms with Crippen LogP contribution in [0.1, 0.15) is 18.4 Å². The summed E-state index contributed by atoms with van der Waals surface area (Å²) >= 11 is 9.38. The third-order valence-electron chi connectivity index (χ3n) is 2.48. The molecule has 0 radical (unpaired) electrons. The Hall–Kier alpha value is -0.340. The highest BCUT2D eigenvalue weighted by molar-refractivity contribution is 9.10. The molecule has 0 N–H and O–H groups in total. The maximum Gasteiger partial charge on any atom is 0.130 e. The Morgan fingerprint density at radius 2 is 2.15 bits per heavy atom. The summed E-state index contributed by atoms with van der Waals surface area (Å²) < 4.78 is 0.947. The average molecular weight is 260 g/mol. The Labute approximate surface area is 90.2 Å². The summed E-state index contributed by atoms with van der Waals surface area (Å²) in [5, 5.41) is 0.680. The van der Waals surface area contributed by atoms with E-state index in [4.69, 9.17) is 11.6 Å². The zero-order valence-corrected chi connectivity index (χ0v) is 9.23. The summed E-state index contributed by atoms with van der Waals surface area (Å²) in [6.45, 7) is 0. The highest BCUT2D eigenvalue weighted by atomic mass is 79.9. The second-order valence-corrected chi connectivity index (χ2v) is 4.72. The molecule has 0 atom stereocenters. The highest BCUT2D eigenvalue weighted by Gasteiger charge is 2.45. The molecule has 0 saturated heterocycles. The molecule has 1 nitrogen and oxygen atoms in total. The van der Waals surface area contributed by atoms with Gasteiger partial charge in [0, 0.05) is 9.50 Å². The molecule has 0 heterocycles. The van der Waals surface area contributed by atoms with Crippen LogP contribution in [-0.2, 0) is 10.2 Å². The zero-order valence-electron chi connectivity index (χ0n) is 6.89. The Kier molecular flexibility index (Phi) is 2.20. The quantitative estimate of drug-likeness (QED) is 0.745. The minimum absolute atomic E-state index is 0.266. The maximum atomic E-state index is 10.9. The SMILES string of the molecule is O=CC1(c2ccc(Br)cc2Cl)CC1. The summed E-state index contributed by atoms with van der Waals surface area (Å²) in [5.41, 5.74) is 0.699. The fourth-order valence-electron chi connectivity index (χ4n) is 1.48. The molecular formula is C10H8BrClO. The van der Waals surface area contributed by atoms with Gasteiger partial charge in [0.25, 0.3) is 0 Å². The van der Waals surface area contributed by atoms with Crippen LogP contribution in [-0.4, -0.2) is 6.29 Å². The molecule has 0 bridgehead atoms. The molecule has 1 aromatic carbocycles. The molecule has 1 saturated carbocycles. The summed E-state index contributed by atoms with van der Waals surface area (Å²) in [6.07, 6.45) is 2.87. The smallest absolute Gasteiger partial charge is 0.130 e. The lowest BCUT2D eigenvalue weighted by atomic mass is 9.98. The Morgan fingerprint density at radius 3 is 2.62 bits per heavy atom. The Balaban J connectivity index is 2.47. The van der Waals surface area contributed by atoms with E-state index < -0.39 is 0 Å². The van der Waals surface area contributed by atoms with E-state index in [1.54, 1.807) is 0 Å². The van der Waals surface area contributed by atoms with Crippen molar-refractivity contribution in [2.24, 2.45) is 0 Å². The molecule has 0 aliphatic heterocycles. The molecule has 2 rings (SSSR count). The van der Waals surface area contributed by atoms with Gasteiger partial charge in [0.05, 0.1) is 5.41 Å². The van der Waals surface area contributed by atoms with E-state index >= 15 is 0 Å². The van der Waals surface area contributed by atoms with Gasteiger partial charge in [-0.3, -0.25) is 0 Å². The van der Waals surface area contributed by atoms with Gasteiger partial charge in [0.1, 0.15) is 6.29 Å². The van der Waals surface area contributed by atoms with Gasteiger partial charge in [-0.2, -0.15) is 0 Å². The summed E-state index contributed by atoms with van der Waals surface area (Å²) in [6, 6.07) is 5.68. The minimum Gasteiger partial charge on any atom is -0.302 e. The van der Waals surface area contributed by atoms with Gasteiger partial charge in [-0.1, -0.05) is 33.6 Å². The molecule has 13 heavy (non-hydrogen) atoms. The van der Waals surface area contributed by atoms with E-state index in [0.717, 1.165) is 29.2 Å². The first kappa shape index (κ1) is 9.22. The molecule has 0 amide bonds. The van der Waals surface area contributed by atoms with Gasteiger partial charge in [-0.25, -0.2) is 0 Å². The molecule has 1 aromatic rings. The van der Waals surface area contributed by atoms with Crippen molar-refractivity contribution in [1.29, 1.82) is 0 Å². The molecule has 3 heteroatoms. The molecule has 1 fully saturated rings. The van der Waals surface area contributed by atoms with E-state index in [2.05, 4.69) is 15.9 Å². The number of rotatable bonds is 2. The van der Waals surface area contributed by atoms with E-state index in [9.17, 15) is 4.79 Å². The minimum atomic E-state index is -0.266. The van der Waals surface area contributed by atoms with Crippen molar-refractivity contribution >= 4 is 33.8 Å². The van der Waals surface area contributed by atoms with Gasteiger partial charge in [-0.05, 0) is 30.5 Å². The van der Waals surface area contributed by atoms with Crippen LogP contribution in [0.5, 0.6) is 0 Å². The predicted molar refractivity (Wildman–Crippen MR) is 56.1 cm³/mol. The van der Waals surface area contributed by atoms with Crippen LogP contribution in [0.2, 0.25) is 5.02 Å². The first-order valence-corrected chi connectivity index (χ1v) is 5.27. The molecule has 0 aromatic heterocycles. The van der Waals surface area contributed by atoms with Crippen molar-refractivity contribution in [3.8, 4) is 0 Å².